The van der Waals surface area contributed by atoms with Crippen molar-refractivity contribution in [1.29, 1.82) is 0 Å². The maximum Gasteiger partial charge on any atom is 0.410 e. The van der Waals surface area contributed by atoms with Crippen molar-refractivity contribution in [1.82, 2.24) is 19.8 Å². The van der Waals surface area contributed by atoms with Crippen molar-refractivity contribution >= 4 is 40.1 Å². The number of rotatable bonds is 8. The second-order valence-electron chi connectivity index (χ2n) is 11.6. The van der Waals surface area contributed by atoms with E-state index in [1.165, 1.54) is 18.5 Å². The van der Waals surface area contributed by atoms with E-state index in [4.69, 9.17) is 25.8 Å². The second kappa shape index (κ2) is 12.2. The number of amides is 1. The van der Waals surface area contributed by atoms with Crippen LogP contribution >= 0.6 is 11.6 Å². The number of hydrogen-bond acceptors (Lipinski definition) is 8. The fraction of sp³-hybridized carbons (Fsp3) is 0.500. The molecule has 3 aromatic rings. The van der Waals surface area contributed by atoms with Crippen molar-refractivity contribution < 1.29 is 23.4 Å². The van der Waals surface area contributed by atoms with Crippen molar-refractivity contribution in [2.24, 2.45) is 5.92 Å². The topological polar surface area (TPSA) is 89.1 Å². The van der Waals surface area contributed by atoms with Crippen LogP contribution in [0.25, 0.3) is 10.9 Å². The van der Waals surface area contributed by atoms with E-state index in [9.17, 15) is 9.18 Å². The molecule has 2 unspecified atom stereocenters. The lowest BCUT2D eigenvalue weighted by molar-refractivity contribution is 0.0279. The number of fused-ring (bicyclic) bond motifs is 2. The fourth-order valence-corrected chi connectivity index (χ4v) is 5.80. The molecule has 2 atom stereocenters. The molecule has 41 heavy (non-hydrogen) atoms. The minimum absolute atomic E-state index is 0.0224. The van der Waals surface area contributed by atoms with E-state index in [0.29, 0.717) is 53.6 Å². The Labute approximate surface area is 244 Å². The molecule has 2 aliphatic rings. The molecule has 5 rings (SSSR count). The summed E-state index contributed by atoms with van der Waals surface area (Å²) in [5.41, 5.74) is 0.783. The summed E-state index contributed by atoms with van der Waals surface area (Å²) >= 11 is 5.95. The first-order valence-corrected chi connectivity index (χ1v) is 14.4. The summed E-state index contributed by atoms with van der Waals surface area (Å²) in [7, 11) is 1.60. The number of carbonyl (C=O) groups is 1. The van der Waals surface area contributed by atoms with Crippen LogP contribution in [0.15, 0.2) is 36.7 Å². The smallest absolute Gasteiger partial charge is 0.410 e. The van der Waals surface area contributed by atoms with Crippen LogP contribution in [0.4, 0.5) is 20.7 Å². The molecule has 1 N–H and O–H groups in total. The van der Waals surface area contributed by atoms with Gasteiger partial charge in [0.05, 0.1) is 24.3 Å². The van der Waals surface area contributed by atoms with Gasteiger partial charge in [-0.3, -0.25) is 4.90 Å². The van der Waals surface area contributed by atoms with Crippen molar-refractivity contribution in [2.75, 3.05) is 45.2 Å². The number of benzene rings is 2. The van der Waals surface area contributed by atoms with Crippen LogP contribution in [-0.4, -0.2) is 77.4 Å². The first-order chi connectivity index (χ1) is 19.6. The van der Waals surface area contributed by atoms with Gasteiger partial charge in [0, 0.05) is 42.8 Å². The number of halogens is 2. The normalized spacial score (nSPS) is 19.2. The van der Waals surface area contributed by atoms with Gasteiger partial charge in [0.1, 0.15) is 23.6 Å². The first kappa shape index (κ1) is 29.1. The van der Waals surface area contributed by atoms with Gasteiger partial charge in [0.2, 0.25) is 0 Å². The Morgan fingerprint density at radius 1 is 1.17 bits per heavy atom. The van der Waals surface area contributed by atoms with Crippen molar-refractivity contribution in [3.63, 3.8) is 0 Å². The number of methoxy groups -OCH3 is 1. The van der Waals surface area contributed by atoms with Gasteiger partial charge in [0.25, 0.3) is 0 Å². The maximum absolute atomic E-state index is 13.6. The van der Waals surface area contributed by atoms with Crippen molar-refractivity contribution in [3.8, 4) is 11.5 Å². The molecular weight excluding hydrogens is 549 g/mol. The molecule has 220 valence electrons. The highest BCUT2D eigenvalue weighted by molar-refractivity contribution is 6.31. The predicted molar refractivity (Wildman–Crippen MR) is 157 cm³/mol. The summed E-state index contributed by atoms with van der Waals surface area (Å²) in [5.74, 6) is 1.69. The van der Waals surface area contributed by atoms with Gasteiger partial charge in [-0.25, -0.2) is 19.2 Å². The Morgan fingerprint density at radius 3 is 2.76 bits per heavy atom. The minimum Gasteiger partial charge on any atom is -0.493 e. The molecule has 11 heteroatoms. The predicted octanol–water partition coefficient (Wildman–Crippen LogP) is 6.27. The Morgan fingerprint density at radius 2 is 2.00 bits per heavy atom. The highest BCUT2D eigenvalue weighted by Crippen LogP contribution is 2.36. The van der Waals surface area contributed by atoms with E-state index in [1.807, 2.05) is 37.8 Å². The number of ether oxygens (including phenoxy) is 3. The molecule has 0 spiro atoms. The second-order valence-corrected chi connectivity index (χ2v) is 12.0. The minimum atomic E-state index is -0.497. The highest BCUT2D eigenvalue weighted by atomic mass is 35.5. The van der Waals surface area contributed by atoms with Crippen LogP contribution in [0.5, 0.6) is 11.5 Å². The van der Waals surface area contributed by atoms with E-state index < -0.39 is 11.4 Å². The van der Waals surface area contributed by atoms with E-state index >= 15 is 0 Å². The summed E-state index contributed by atoms with van der Waals surface area (Å²) in [6.07, 6.45) is 4.31. The number of piperidine rings is 1. The van der Waals surface area contributed by atoms with Gasteiger partial charge in [0.15, 0.2) is 11.5 Å². The number of nitrogens with one attached hydrogen (secondary N) is 1. The Hall–Kier alpha value is -3.37. The van der Waals surface area contributed by atoms with E-state index in [-0.39, 0.29) is 11.1 Å². The molecule has 1 aromatic heterocycles. The van der Waals surface area contributed by atoms with Crippen LogP contribution in [0.1, 0.15) is 40.0 Å². The van der Waals surface area contributed by atoms with Crippen LogP contribution < -0.4 is 14.8 Å². The van der Waals surface area contributed by atoms with E-state index in [0.717, 1.165) is 44.3 Å². The summed E-state index contributed by atoms with van der Waals surface area (Å²) in [4.78, 5) is 25.8. The number of carbonyl (C=O) groups excluding carboxylic acids is 1. The van der Waals surface area contributed by atoms with Crippen molar-refractivity contribution in [3.05, 3.63) is 47.5 Å². The van der Waals surface area contributed by atoms with Gasteiger partial charge in [-0.2, -0.15) is 0 Å². The summed E-state index contributed by atoms with van der Waals surface area (Å²) < 4.78 is 31.0. The molecule has 0 saturated carbocycles. The summed E-state index contributed by atoms with van der Waals surface area (Å²) in [6, 6.07) is 8.42. The molecule has 0 aliphatic carbocycles. The molecule has 2 fully saturated rings. The van der Waals surface area contributed by atoms with E-state index in [1.54, 1.807) is 13.2 Å². The first-order valence-electron chi connectivity index (χ1n) is 14.0. The zero-order valence-corrected chi connectivity index (χ0v) is 24.7. The zero-order valence-electron chi connectivity index (χ0n) is 24.0. The molecule has 9 nitrogen and oxygen atoms in total. The molecule has 2 aliphatic heterocycles. The van der Waals surface area contributed by atoms with Crippen LogP contribution in [-0.2, 0) is 4.74 Å². The zero-order chi connectivity index (χ0) is 29.1. The lowest BCUT2D eigenvalue weighted by Gasteiger charge is -2.36. The maximum atomic E-state index is 13.6. The van der Waals surface area contributed by atoms with Gasteiger partial charge in [-0.15, -0.1) is 0 Å². The van der Waals surface area contributed by atoms with E-state index in [2.05, 4.69) is 20.2 Å². The van der Waals surface area contributed by atoms with Gasteiger partial charge >= 0.3 is 6.09 Å². The number of nitrogens with zero attached hydrogens (tertiary/aromatic N) is 4. The molecule has 2 aromatic carbocycles. The Kier molecular flexibility index (Phi) is 8.70. The Balaban J connectivity index is 1.22. The van der Waals surface area contributed by atoms with Crippen LogP contribution in [0.2, 0.25) is 5.02 Å². The third kappa shape index (κ3) is 6.93. The third-order valence-electron chi connectivity index (χ3n) is 7.50. The number of likely N-dealkylation sites (tertiary alicyclic amines) is 2. The van der Waals surface area contributed by atoms with Crippen LogP contribution in [0, 0.1) is 11.7 Å². The van der Waals surface area contributed by atoms with Crippen molar-refractivity contribution in [2.45, 2.75) is 51.7 Å². The lowest BCUT2D eigenvalue weighted by Crippen LogP contribution is -2.46. The third-order valence-corrected chi connectivity index (χ3v) is 7.79. The standard InChI is InChI=1S/C30H37ClFN5O4/c1-30(2,3)41-29(38)37-16-19-7-5-10-36(25(19)17-37)11-6-12-40-27-14-21-24(15-26(27)39-4)33-18-34-28(21)35-20-8-9-23(32)22(31)13-20/h8-9,13-15,18-19,25H,5-7,10-12,16-17H2,1-4H3,(H,33,34,35). The fourth-order valence-electron chi connectivity index (χ4n) is 5.62. The molecule has 2 saturated heterocycles. The molecular formula is C30H37ClFN5O4. The molecule has 0 bridgehead atoms. The number of aromatic nitrogens is 2. The highest BCUT2D eigenvalue weighted by Gasteiger charge is 2.41. The molecule has 1 amide bonds. The monoisotopic (exact) mass is 585 g/mol. The Bertz CT molecular complexity index is 1400. The van der Waals surface area contributed by atoms with Gasteiger partial charge in [-0.1, -0.05) is 11.6 Å². The summed E-state index contributed by atoms with van der Waals surface area (Å²) in [5, 5.41) is 3.95. The number of hydrogen-bond donors (Lipinski definition) is 1. The lowest BCUT2D eigenvalue weighted by atomic mass is 9.92. The average molecular weight is 586 g/mol. The average Bonchev–Trinajstić information content (AvgIpc) is 3.38. The largest absolute Gasteiger partial charge is 0.493 e. The summed E-state index contributed by atoms with van der Waals surface area (Å²) in [6.45, 7) is 9.54. The van der Waals surface area contributed by atoms with Gasteiger partial charge in [-0.05, 0) is 76.8 Å². The van der Waals surface area contributed by atoms with Gasteiger partial charge < -0.3 is 24.4 Å². The molecule has 3 heterocycles. The molecule has 0 radical (unpaired) electrons. The number of anilines is 2. The quantitative estimate of drug-likeness (QED) is 0.309. The van der Waals surface area contributed by atoms with Crippen LogP contribution in [0.3, 0.4) is 0 Å². The SMILES string of the molecule is COc1cc2ncnc(Nc3ccc(F)c(Cl)c3)c2cc1OCCCN1CCCC2CN(C(=O)OC(C)(C)C)CC21.